The van der Waals surface area contributed by atoms with Crippen molar-refractivity contribution >= 4 is 16.9 Å². The molecule has 6 nitrogen and oxygen atoms in total. The van der Waals surface area contributed by atoms with Crippen molar-refractivity contribution in [1.29, 1.82) is 0 Å². The third kappa shape index (κ3) is 4.35. The van der Waals surface area contributed by atoms with Gasteiger partial charge in [0.1, 0.15) is 23.5 Å². The lowest BCUT2D eigenvalue weighted by Crippen LogP contribution is -2.41. The highest BCUT2D eigenvalue weighted by Crippen LogP contribution is 2.31. The van der Waals surface area contributed by atoms with E-state index in [9.17, 15) is 9.18 Å². The number of benzene rings is 2. The summed E-state index contributed by atoms with van der Waals surface area (Å²) in [6, 6.07) is 12.6. The van der Waals surface area contributed by atoms with Crippen molar-refractivity contribution in [3.8, 4) is 5.75 Å². The van der Waals surface area contributed by atoms with Crippen molar-refractivity contribution in [3.05, 3.63) is 59.7 Å². The minimum Gasteiger partial charge on any atom is -0.489 e. The quantitative estimate of drug-likeness (QED) is 0.657. The summed E-state index contributed by atoms with van der Waals surface area (Å²) in [7, 11) is 0. The maximum Gasteiger partial charge on any atom is 0.224 e. The van der Waals surface area contributed by atoms with Gasteiger partial charge in [-0.05, 0) is 50.5 Å². The Bertz CT molecular complexity index is 1110. The van der Waals surface area contributed by atoms with Gasteiger partial charge < -0.3 is 14.6 Å². The van der Waals surface area contributed by atoms with Crippen molar-refractivity contribution < 1.29 is 13.9 Å². The third-order valence-electron chi connectivity index (χ3n) is 6.45. The van der Waals surface area contributed by atoms with E-state index in [1.807, 2.05) is 23.1 Å². The molecule has 1 amide bonds. The van der Waals surface area contributed by atoms with Crippen LogP contribution in [0.25, 0.3) is 11.0 Å². The monoisotopic (exact) mass is 436 g/mol. The minimum absolute atomic E-state index is 0.0763. The number of carbonyl (C=O) groups is 1. The van der Waals surface area contributed by atoms with Gasteiger partial charge in [-0.15, -0.1) is 0 Å². The zero-order valence-electron chi connectivity index (χ0n) is 18.4. The highest BCUT2D eigenvalue weighted by Gasteiger charge is 2.30. The third-order valence-corrected chi connectivity index (χ3v) is 6.45. The van der Waals surface area contributed by atoms with Crippen molar-refractivity contribution in [2.24, 2.45) is 0 Å². The first-order chi connectivity index (χ1) is 15.6. The first-order valence-electron chi connectivity index (χ1n) is 11.5. The largest absolute Gasteiger partial charge is 0.489 e. The topological polar surface area (TPSA) is 61.5 Å². The Morgan fingerprint density at radius 1 is 1.25 bits per heavy atom. The number of hydrogen-bond acceptors (Lipinski definition) is 4. The number of halogens is 1. The van der Waals surface area contributed by atoms with Gasteiger partial charge in [0, 0.05) is 38.2 Å². The molecule has 7 heteroatoms. The average Bonchev–Trinajstić information content (AvgIpc) is 3.13. The van der Waals surface area contributed by atoms with Crippen molar-refractivity contribution in [3.63, 3.8) is 0 Å². The molecule has 2 aliphatic heterocycles. The van der Waals surface area contributed by atoms with Crippen LogP contribution in [0.2, 0.25) is 0 Å². The second kappa shape index (κ2) is 8.90. The van der Waals surface area contributed by atoms with Gasteiger partial charge in [0.2, 0.25) is 5.91 Å². The molecule has 0 bridgehead atoms. The molecule has 3 heterocycles. The van der Waals surface area contributed by atoms with Crippen LogP contribution in [0.1, 0.15) is 50.0 Å². The fraction of sp³-hybridized carbons (Fsp3) is 0.440. The van der Waals surface area contributed by atoms with Gasteiger partial charge in [-0.25, -0.2) is 9.37 Å². The Morgan fingerprint density at radius 2 is 2.12 bits per heavy atom. The smallest absolute Gasteiger partial charge is 0.224 e. The maximum absolute atomic E-state index is 13.6. The van der Waals surface area contributed by atoms with E-state index in [0.29, 0.717) is 18.5 Å². The predicted molar refractivity (Wildman–Crippen MR) is 121 cm³/mol. The van der Waals surface area contributed by atoms with Gasteiger partial charge in [0.05, 0.1) is 17.1 Å². The van der Waals surface area contributed by atoms with Gasteiger partial charge in [-0.2, -0.15) is 0 Å². The van der Waals surface area contributed by atoms with Crippen LogP contribution in [-0.2, 0) is 11.3 Å². The number of amides is 1. The van der Waals surface area contributed by atoms with E-state index in [4.69, 9.17) is 4.74 Å². The van der Waals surface area contributed by atoms with E-state index in [1.165, 1.54) is 12.1 Å². The maximum atomic E-state index is 13.6. The molecule has 0 unspecified atom stereocenters. The molecule has 2 atom stereocenters. The molecule has 2 aromatic carbocycles. The minimum atomic E-state index is -0.290. The van der Waals surface area contributed by atoms with E-state index in [-0.39, 0.29) is 23.9 Å². The number of rotatable bonds is 4. The van der Waals surface area contributed by atoms with E-state index in [2.05, 4.69) is 27.9 Å². The summed E-state index contributed by atoms with van der Waals surface area (Å²) in [5.41, 5.74) is 2.57. The van der Waals surface area contributed by atoms with Crippen molar-refractivity contribution in [2.75, 3.05) is 19.6 Å². The number of H-pyrrole nitrogens is 1. The van der Waals surface area contributed by atoms with Crippen LogP contribution in [0.3, 0.4) is 0 Å². The summed E-state index contributed by atoms with van der Waals surface area (Å²) >= 11 is 0. The zero-order valence-corrected chi connectivity index (χ0v) is 18.4. The van der Waals surface area contributed by atoms with Crippen LogP contribution in [0.4, 0.5) is 4.39 Å². The molecule has 1 aromatic heterocycles. The molecule has 5 rings (SSSR count). The Morgan fingerprint density at radius 3 is 3.03 bits per heavy atom. The summed E-state index contributed by atoms with van der Waals surface area (Å²) in [5, 5.41) is 0. The number of likely N-dealkylation sites (tertiary alicyclic amines) is 1. The summed E-state index contributed by atoms with van der Waals surface area (Å²) < 4.78 is 19.6. The molecule has 1 N–H and O–H groups in total. The Kier molecular flexibility index (Phi) is 5.83. The molecular weight excluding hydrogens is 407 g/mol. The Labute approximate surface area is 187 Å². The molecule has 0 aliphatic carbocycles. The highest BCUT2D eigenvalue weighted by molar-refractivity contribution is 5.78. The molecular formula is C25H29FN4O2. The number of hydrogen-bond donors (Lipinski definition) is 1. The van der Waals surface area contributed by atoms with E-state index in [0.717, 1.165) is 61.6 Å². The zero-order chi connectivity index (χ0) is 22.1. The number of aromatic amines is 1. The summed E-state index contributed by atoms with van der Waals surface area (Å²) in [5.74, 6) is 1.55. The lowest BCUT2D eigenvalue weighted by molar-refractivity contribution is -0.135. The SMILES string of the molecule is C[C@H]1CN(CCC(=O)N2CCCC[C@@H]2c2nc3ccc(F)cc3[nH]2)Cc2ccccc2O1. The lowest BCUT2D eigenvalue weighted by atomic mass is 10.0. The molecule has 32 heavy (non-hydrogen) atoms. The number of ether oxygens (including phenoxy) is 1. The van der Waals surface area contributed by atoms with Gasteiger partial charge in [0.25, 0.3) is 0 Å². The molecule has 0 saturated carbocycles. The molecule has 1 fully saturated rings. The highest BCUT2D eigenvalue weighted by atomic mass is 19.1. The molecule has 3 aromatic rings. The van der Waals surface area contributed by atoms with E-state index in [1.54, 1.807) is 6.07 Å². The molecule has 0 spiro atoms. The van der Waals surface area contributed by atoms with Gasteiger partial charge in [0.15, 0.2) is 0 Å². The number of nitrogens with one attached hydrogen (secondary N) is 1. The van der Waals surface area contributed by atoms with Crippen LogP contribution in [0.15, 0.2) is 42.5 Å². The average molecular weight is 437 g/mol. The first-order valence-corrected chi connectivity index (χ1v) is 11.5. The Hall–Kier alpha value is -2.93. The van der Waals surface area contributed by atoms with Crippen LogP contribution in [0, 0.1) is 5.82 Å². The standard InChI is InChI=1S/C25H29FN4O2/c1-17-15-29(16-18-6-2-3-8-23(18)32-17)13-11-24(31)30-12-5-4-7-22(30)25-27-20-10-9-19(26)14-21(20)28-25/h2-3,6,8-10,14,17,22H,4-5,7,11-13,15-16H2,1H3,(H,27,28)/t17-,22+/m0/s1. The molecule has 1 saturated heterocycles. The number of aromatic nitrogens is 2. The fourth-order valence-electron chi connectivity index (χ4n) is 4.91. The molecule has 2 aliphatic rings. The van der Waals surface area contributed by atoms with E-state index >= 15 is 0 Å². The summed E-state index contributed by atoms with van der Waals surface area (Å²) in [4.78, 5) is 25.5. The molecule has 0 radical (unpaired) electrons. The van der Waals surface area contributed by atoms with Crippen LogP contribution in [0.5, 0.6) is 5.75 Å². The Balaban J connectivity index is 1.28. The van der Waals surface area contributed by atoms with Gasteiger partial charge in [-0.3, -0.25) is 9.69 Å². The molecule has 168 valence electrons. The summed E-state index contributed by atoms with van der Waals surface area (Å²) in [6.45, 7) is 5.07. The summed E-state index contributed by atoms with van der Waals surface area (Å²) in [6.07, 6.45) is 3.46. The number of nitrogens with zero attached hydrogens (tertiary/aromatic N) is 3. The fourth-order valence-corrected chi connectivity index (χ4v) is 4.91. The second-order valence-electron chi connectivity index (χ2n) is 8.90. The predicted octanol–water partition coefficient (Wildman–Crippen LogP) is 4.43. The number of carbonyl (C=O) groups excluding carboxylic acids is 1. The van der Waals surface area contributed by atoms with Gasteiger partial charge in [-0.1, -0.05) is 18.2 Å². The normalized spacial score (nSPS) is 21.8. The number of piperidine rings is 1. The van der Waals surface area contributed by atoms with Crippen molar-refractivity contribution in [2.45, 2.75) is 51.3 Å². The van der Waals surface area contributed by atoms with Crippen LogP contribution in [-0.4, -0.2) is 51.4 Å². The second-order valence-corrected chi connectivity index (χ2v) is 8.90. The van der Waals surface area contributed by atoms with Crippen LogP contribution < -0.4 is 4.74 Å². The number of imidazole rings is 1. The van der Waals surface area contributed by atoms with Crippen molar-refractivity contribution in [1.82, 2.24) is 19.8 Å². The first kappa shape index (κ1) is 20.9. The number of para-hydroxylation sites is 1. The van der Waals surface area contributed by atoms with E-state index < -0.39 is 0 Å². The lowest BCUT2D eigenvalue weighted by Gasteiger charge is -2.35. The van der Waals surface area contributed by atoms with Crippen LogP contribution >= 0.6 is 0 Å². The van der Waals surface area contributed by atoms with Gasteiger partial charge >= 0.3 is 0 Å². The number of fused-ring (bicyclic) bond motifs is 2.